The van der Waals surface area contributed by atoms with E-state index in [1.54, 1.807) is 0 Å². The highest BCUT2D eigenvalue weighted by Gasteiger charge is 2.44. The van der Waals surface area contributed by atoms with Crippen molar-refractivity contribution >= 4 is 29.1 Å². The zero-order valence-corrected chi connectivity index (χ0v) is 18.2. The fourth-order valence-electron chi connectivity index (χ4n) is 3.83. The summed E-state index contributed by atoms with van der Waals surface area (Å²) in [5, 5.41) is 11.0. The first-order chi connectivity index (χ1) is 16.2. The molecule has 0 spiro atoms. The molecular weight excluding hydrogens is 441 g/mol. The molecule has 0 bridgehead atoms. The average molecular weight is 461 g/mol. The molecule has 0 saturated carbocycles. The van der Waals surface area contributed by atoms with Crippen molar-refractivity contribution < 1.29 is 23.7 Å². The molecule has 1 fully saturated rings. The van der Waals surface area contributed by atoms with Gasteiger partial charge in [-0.1, -0.05) is 29.8 Å². The summed E-state index contributed by atoms with van der Waals surface area (Å²) in [7, 11) is 0. The number of non-ortho nitro benzene ring substituents is 1. The maximum atomic E-state index is 13.4. The highest BCUT2D eigenvalue weighted by Crippen LogP contribution is 2.28. The Bertz CT molecular complexity index is 1260. The molecule has 172 valence electrons. The average Bonchev–Trinajstić information content (AvgIpc) is 3.12. The van der Waals surface area contributed by atoms with Crippen LogP contribution in [0.3, 0.4) is 0 Å². The van der Waals surface area contributed by atoms with Gasteiger partial charge in [0.1, 0.15) is 11.9 Å². The lowest BCUT2D eigenvalue weighted by Crippen LogP contribution is -2.45. The van der Waals surface area contributed by atoms with E-state index in [-0.39, 0.29) is 29.9 Å². The molecule has 1 unspecified atom stereocenters. The van der Waals surface area contributed by atoms with Crippen molar-refractivity contribution in [3.63, 3.8) is 0 Å². The third-order valence-corrected chi connectivity index (χ3v) is 5.64. The molecule has 1 saturated heterocycles. The number of nitro groups is 1. The quantitative estimate of drug-likeness (QED) is 0.314. The summed E-state index contributed by atoms with van der Waals surface area (Å²) >= 11 is 0. The number of hydrogen-bond donors (Lipinski definition) is 0. The van der Waals surface area contributed by atoms with Crippen molar-refractivity contribution in [2.24, 2.45) is 0 Å². The van der Waals surface area contributed by atoms with E-state index in [0.29, 0.717) is 0 Å². The van der Waals surface area contributed by atoms with Gasteiger partial charge in [-0.15, -0.1) is 0 Å². The second-order valence-electron chi connectivity index (χ2n) is 7.99. The van der Waals surface area contributed by atoms with Crippen molar-refractivity contribution in [1.82, 2.24) is 4.90 Å². The Kier molecular flexibility index (Phi) is 6.18. The van der Waals surface area contributed by atoms with Crippen LogP contribution in [0, 0.1) is 22.9 Å². The summed E-state index contributed by atoms with van der Waals surface area (Å²) in [6, 6.07) is 16.3. The minimum Gasteiger partial charge on any atom is -0.322 e. The number of anilines is 1. The van der Waals surface area contributed by atoms with E-state index in [1.165, 1.54) is 41.3 Å². The second-order valence-corrected chi connectivity index (χ2v) is 7.99. The van der Waals surface area contributed by atoms with Crippen LogP contribution in [-0.4, -0.2) is 33.6 Å². The molecule has 4 rings (SSSR count). The van der Waals surface area contributed by atoms with Gasteiger partial charge in [0.2, 0.25) is 5.91 Å². The third-order valence-electron chi connectivity index (χ3n) is 5.64. The summed E-state index contributed by atoms with van der Waals surface area (Å²) in [5.41, 5.74) is 1.97. The molecule has 0 aliphatic carbocycles. The number of imide groups is 1. The molecule has 0 N–H and O–H groups in total. The van der Waals surface area contributed by atoms with Crippen LogP contribution < -0.4 is 4.90 Å². The van der Waals surface area contributed by atoms with Crippen molar-refractivity contribution in [2.75, 3.05) is 4.90 Å². The van der Waals surface area contributed by atoms with Gasteiger partial charge >= 0.3 is 0 Å². The Labute approximate surface area is 194 Å². The van der Waals surface area contributed by atoms with Gasteiger partial charge in [-0.3, -0.25) is 24.5 Å². The van der Waals surface area contributed by atoms with E-state index in [0.717, 1.165) is 28.2 Å². The minimum absolute atomic E-state index is 0.0526. The number of nitro benzene ring substituents is 1. The molecule has 3 aromatic carbocycles. The van der Waals surface area contributed by atoms with Gasteiger partial charge in [0.25, 0.3) is 17.5 Å². The van der Waals surface area contributed by atoms with Crippen LogP contribution in [-0.2, 0) is 16.1 Å². The van der Waals surface area contributed by atoms with E-state index in [2.05, 4.69) is 0 Å². The predicted molar refractivity (Wildman–Crippen MR) is 121 cm³/mol. The van der Waals surface area contributed by atoms with Crippen LogP contribution in [0.4, 0.5) is 15.8 Å². The summed E-state index contributed by atoms with van der Waals surface area (Å²) in [4.78, 5) is 52.1. The second kappa shape index (κ2) is 9.22. The van der Waals surface area contributed by atoms with E-state index >= 15 is 0 Å². The Morgan fingerprint density at radius 1 is 1.03 bits per heavy atom. The molecule has 0 radical (unpaired) electrons. The molecular formula is C25H20FN3O5. The lowest BCUT2D eigenvalue weighted by molar-refractivity contribution is -0.384. The number of rotatable bonds is 6. The molecule has 1 aliphatic heterocycles. The lowest BCUT2D eigenvalue weighted by Gasteiger charge is -2.28. The van der Waals surface area contributed by atoms with Crippen LogP contribution in [0.25, 0.3) is 0 Å². The molecule has 1 heterocycles. The van der Waals surface area contributed by atoms with Crippen molar-refractivity contribution in [3.8, 4) is 0 Å². The van der Waals surface area contributed by atoms with Crippen molar-refractivity contribution in [1.29, 1.82) is 0 Å². The summed E-state index contributed by atoms with van der Waals surface area (Å²) in [6.07, 6.45) is -0.235. The predicted octanol–water partition coefficient (Wildman–Crippen LogP) is 4.02. The monoisotopic (exact) mass is 461 g/mol. The smallest absolute Gasteiger partial charge is 0.269 e. The Balaban J connectivity index is 1.68. The number of amides is 3. The van der Waals surface area contributed by atoms with Gasteiger partial charge in [-0.2, -0.15) is 0 Å². The number of aryl methyl sites for hydroxylation is 1. The topological polar surface area (TPSA) is 101 Å². The lowest BCUT2D eigenvalue weighted by atomic mass is 10.1. The summed E-state index contributed by atoms with van der Waals surface area (Å²) < 4.78 is 13.3. The molecule has 34 heavy (non-hydrogen) atoms. The molecule has 3 aromatic rings. The van der Waals surface area contributed by atoms with E-state index in [9.17, 15) is 28.9 Å². The SMILES string of the molecule is Cc1ccc(CN(C(=O)c2ccc([N+](=O)[O-])cc2)C2CC(=O)N(c3ccc(F)cc3)C2=O)cc1. The normalized spacial score (nSPS) is 15.5. The van der Waals surface area contributed by atoms with Crippen LogP contribution in [0.1, 0.15) is 27.9 Å². The maximum absolute atomic E-state index is 13.4. The number of carbonyl (C=O) groups is 3. The summed E-state index contributed by atoms with van der Waals surface area (Å²) in [5.74, 6) is -2.15. The van der Waals surface area contributed by atoms with Gasteiger partial charge in [0.15, 0.2) is 0 Å². The first-order valence-electron chi connectivity index (χ1n) is 10.5. The van der Waals surface area contributed by atoms with Crippen LogP contribution in [0.15, 0.2) is 72.8 Å². The maximum Gasteiger partial charge on any atom is 0.269 e. The first kappa shape index (κ1) is 22.8. The molecule has 1 aliphatic rings. The molecule has 0 aromatic heterocycles. The van der Waals surface area contributed by atoms with Crippen molar-refractivity contribution in [3.05, 3.63) is 105 Å². The fraction of sp³-hybridized carbons (Fsp3) is 0.160. The van der Waals surface area contributed by atoms with Gasteiger partial charge in [-0.05, 0) is 48.9 Å². The number of nitrogens with zero attached hydrogens (tertiary/aromatic N) is 3. The molecule has 3 amide bonds. The van der Waals surface area contributed by atoms with Crippen LogP contribution in [0.2, 0.25) is 0 Å². The van der Waals surface area contributed by atoms with Gasteiger partial charge in [-0.25, -0.2) is 9.29 Å². The largest absolute Gasteiger partial charge is 0.322 e. The minimum atomic E-state index is -1.08. The number of carbonyl (C=O) groups excluding carboxylic acids is 3. The highest BCUT2D eigenvalue weighted by molar-refractivity contribution is 6.23. The Morgan fingerprint density at radius 2 is 1.65 bits per heavy atom. The highest BCUT2D eigenvalue weighted by atomic mass is 19.1. The first-order valence-corrected chi connectivity index (χ1v) is 10.5. The van der Waals surface area contributed by atoms with Crippen molar-refractivity contribution in [2.45, 2.75) is 25.9 Å². The number of hydrogen-bond acceptors (Lipinski definition) is 5. The zero-order valence-electron chi connectivity index (χ0n) is 18.2. The van der Waals surface area contributed by atoms with Crippen LogP contribution in [0.5, 0.6) is 0 Å². The van der Waals surface area contributed by atoms with E-state index in [1.807, 2.05) is 31.2 Å². The van der Waals surface area contributed by atoms with Gasteiger partial charge < -0.3 is 4.90 Å². The van der Waals surface area contributed by atoms with Gasteiger partial charge in [0.05, 0.1) is 17.0 Å². The molecule has 1 atom stereocenters. The third kappa shape index (κ3) is 4.54. The Morgan fingerprint density at radius 3 is 2.24 bits per heavy atom. The van der Waals surface area contributed by atoms with E-state index < -0.39 is 34.5 Å². The fourth-order valence-corrected chi connectivity index (χ4v) is 3.83. The Hall–Kier alpha value is -4.40. The summed E-state index contributed by atoms with van der Waals surface area (Å²) in [6.45, 7) is 1.97. The zero-order chi connectivity index (χ0) is 24.4. The number of benzene rings is 3. The molecule has 8 nitrogen and oxygen atoms in total. The molecule has 9 heteroatoms. The number of halogens is 1. The standard InChI is InChI=1S/C25H20FN3O5/c1-16-2-4-17(5-3-16)15-27(24(31)18-6-10-21(11-7-18)29(33)34)22-14-23(30)28(25(22)32)20-12-8-19(26)9-13-20/h2-13,22H,14-15H2,1H3. The van der Waals surface area contributed by atoms with E-state index in [4.69, 9.17) is 0 Å². The van der Waals surface area contributed by atoms with Gasteiger partial charge in [0, 0.05) is 24.2 Å². The van der Waals surface area contributed by atoms with Crippen LogP contribution >= 0.6 is 0 Å².